The summed E-state index contributed by atoms with van der Waals surface area (Å²) in [5.74, 6) is 0.336. The molecule has 2 aromatic rings. The van der Waals surface area contributed by atoms with Crippen molar-refractivity contribution in [1.82, 2.24) is 4.90 Å². The first-order valence-electron chi connectivity index (χ1n) is 7.57. The molecule has 1 unspecified atom stereocenters. The maximum atomic E-state index is 12.8. The molecule has 126 valence electrons. The van der Waals surface area contributed by atoms with E-state index in [1.807, 2.05) is 26.0 Å². The van der Waals surface area contributed by atoms with Crippen LogP contribution in [0.3, 0.4) is 0 Å². The maximum absolute atomic E-state index is 12.8. The zero-order chi connectivity index (χ0) is 17.7. The Morgan fingerprint density at radius 3 is 2.62 bits per heavy atom. The molecule has 24 heavy (non-hydrogen) atoms. The fourth-order valence-corrected chi connectivity index (χ4v) is 3.77. The van der Waals surface area contributed by atoms with Crippen LogP contribution < -0.4 is 4.74 Å². The Kier molecular flexibility index (Phi) is 6.41. The van der Waals surface area contributed by atoms with Gasteiger partial charge in [-0.2, -0.15) is 5.26 Å². The van der Waals surface area contributed by atoms with E-state index in [2.05, 4.69) is 22.0 Å². The van der Waals surface area contributed by atoms with E-state index in [0.29, 0.717) is 17.9 Å². The largest absolute Gasteiger partial charge is 0.479 e. The Morgan fingerprint density at radius 1 is 1.33 bits per heavy atom. The zero-order valence-corrected chi connectivity index (χ0v) is 16.2. The molecule has 1 heterocycles. The number of carbonyl (C=O) groups excluding carboxylic acids is 1. The number of para-hydroxylation sites is 1. The molecule has 0 aliphatic heterocycles. The SMILES string of the molecule is CC(C)C(Oc1ccccc1C#N)C(=O)N(C)Cc1ccc(Br)s1. The van der Waals surface area contributed by atoms with E-state index in [0.717, 1.165) is 8.66 Å². The molecule has 6 heteroatoms. The quantitative estimate of drug-likeness (QED) is 0.711. The lowest BCUT2D eigenvalue weighted by Crippen LogP contribution is -2.42. The van der Waals surface area contributed by atoms with Gasteiger partial charge in [0.15, 0.2) is 6.10 Å². The van der Waals surface area contributed by atoms with Crippen LogP contribution in [-0.4, -0.2) is 24.0 Å². The van der Waals surface area contributed by atoms with Crippen LogP contribution in [0.5, 0.6) is 5.75 Å². The predicted molar refractivity (Wildman–Crippen MR) is 98.9 cm³/mol. The van der Waals surface area contributed by atoms with Crippen molar-refractivity contribution in [3.63, 3.8) is 0 Å². The number of amides is 1. The molecule has 4 nitrogen and oxygen atoms in total. The average molecular weight is 407 g/mol. The van der Waals surface area contributed by atoms with Gasteiger partial charge in [-0.1, -0.05) is 26.0 Å². The number of carbonyl (C=O) groups is 1. The van der Waals surface area contributed by atoms with Crippen LogP contribution >= 0.6 is 27.3 Å². The van der Waals surface area contributed by atoms with Gasteiger partial charge >= 0.3 is 0 Å². The first-order chi connectivity index (χ1) is 11.4. The van der Waals surface area contributed by atoms with Gasteiger partial charge in [0.25, 0.3) is 5.91 Å². The first kappa shape index (κ1) is 18.5. The highest BCUT2D eigenvalue weighted by molar-refractivity contribution is 9.11. The van der Waals surface area contributed by atoms with Crippen molar-refractivity contribution >= 4 is 33.2 Å². The highest BCUT2D eigenvalue weighted by Crippen LogP contribution is 2.25. The van der Waals surface area contributed by atoms with E-state index >= 15 is 0 Å². The third kappa shape index (κ3) is 4.59. The lowest BCUT2D eigenvalue weighted by atomic mass is 10.1. The van der Waals surface area contributed by atoms with Crippen molar-refractivity contribution in [1.29, 1.82) is 5.26 Å². The second kappa shape index (κ2) is 8.32. The molecule has 0 fully saturated rings. The minimum absolute atomic E-state index is 0.0122. The summed E-state index contributed by atoms with van der Waals surface area (Å²) < 4.78 is 6.94. The van der Waals surface area contributed by atoms with Gasteiger partial charge in [-0.15, -0.1) is 11.3 Å². The number of hydrogen-bond acceptors (Lipinski definition) is 4. The number of hydrogen-bond donors (Lipinski definition) is 0. The molecular formula is C18H19BrN2O2S. The molecule has 1 atom stereocenters. The van der Waals surface area contributed by atoms with Crippen LogP contribution in [0.2, 0.25) is 0 Å². The van der Waals surface area contributed by atoms with Gasteiger partial charge in [-0.25, -0.2) is 0 Å². The van der Waals surface area contributed by atoms with Gasteiger partial charge in [0, 0.05) is 11.9 Å². The van der Waals surface area contributed by atoms with Crippen LogP contribution in [0.1, 0.15) is 24.3 Å². The third-order valence-electron chi connectivity index (χ3n) is 3.51. The maximum Gasteiger partial charge on any atom is 0.263 e. The molecule has 1 aromatic heterocycles. The van der Waals surface area contributed by atoms with Crippen molar-refractivity contribution < 1.29 is 9.53 Å². The molecule has 1 amide bonds. The Bertz CT molecular complexity index is 751. The third-order valence-corrected chi connectivity index (χ3v) is 5.12. The summed E-state index contributed by atoms with van der Waals surface area (Å²) in [6.45, 7) is 4.40. The summed E-state index contributed by atoms with van der Waals surface area (Å²) in [5.41, 5.74) is 0.431. The minimum Gasteiger partial charge on any atom is -0.479 e. The lowest BCUT2D eigenvalue weighted by molar-refractivity contribution is -0.139. The highest BCUT2D eigenvalue weighted by Gasteiger charge is 2.28. The second-order valence-corrected chi connectivity index (χ2v) is 8.34. The Balaban J connectivity index is 2.14. The normalized spacial score (nSPS) is 11.8. The van der Waals surface area contributed by atoms with Crippen molar-refractivity contribution in [2.75, 3.05) is 7.05 Å². The molecule has 0 saturated heterocycles. The summed E-state index contributed by atoms with van der Waals surface area (Å²) >= 11 is 5.03. The van der Waals surface area contributed by atoms with E-state index in [9.17, 15) is 10.1 Å². The van der Waals surface area contributed by atoms with E-state index in [4.69, 9.17) is 4.74 Å². The molecule has 0 spiro atoms. The molecule has 0 aliphatic rings. The highest BCUT2D eigenvalue weighted by atomic mass is 79.9. The molecule has 2 rings (SSSR count). The number of likely N-dealkylation sites (N-methyl/N-ethyl adjacent to an activating group) is 1. The zero-order valence-electron chi connectivity index (χ0n) is 13.8. The lowest BCUT2D eigenvalue weighted by Gasteiger charge is -2.27. The molecule has 0 saturated carbocycles. The minimum atomic E-state index is -0.632. The molecule has 0 aliphatic carbocycles. The van der Waals surface area contributed by atoms with Gasteiger partial charge in [0.1, 0.15) is 11.8 Å². The van der Waals surface area contributed by atoms with Crippen LogP contribution in [-0.2, 0) is 11.3 Å². The number of rotatable bonds is 6. The topological polar surface area (TPSA) is 53.3 Å². The Labute approximate surface area is 154 Å². The van der Waals surface area contributed by atoms with Crippen molar-refractivity contribution in [2.24, 2.45) is 5.92 Å². The standard InChI is InChI=1S/C18H19BrN2O2S/c1-12(2)17(23-15-7-5-4-6-13(15)10-20)18(22)21(3)11-14-8-9-16(19)24-14/h4-9,12,17H,11H2,1-3H3. The number of nitrogens with zero attached hydrogens (tertiary/aromatic N) is 2. The number of nitriles is 1. The average Bonchev–Trinajstić information content (AvgIpc) is 2.96. The summed E-state index contributed by atoms with van der Waals surface area (Å²) in [6.07, 6.45) is -0.632. The molecule has 0 radical (unpaired) electrons. The summed E-state index contributed by atoms with van der Waals surface area (Å²) in [4.78, 5) is 15.6. The van der Waals surface area contributed by atoms with Gasteiger partial charge in [-0.3, -0.25) is 4.79 Å². The van der Waals surface area contributed by atoms with E-state index in [1.54, 1.807) is 47.5 Å². The summed E-state index contributed by atoms with van der Waals surface area (Å²) in [5, 5.41) is 9.19. The van der Waals surface area contributed by atoms with Gasteiger partial charge in [0.2, 0.25) is 0 Å². The van der Waals surface area contributed by atoms with Crippen molar-refractivity contribution in [2.45, 2.75) is 26.5 Å². The van der Waals surface area contributed by atoms with Crippen molar-refractivity contribution in [3.8, 4) is 11.8 Å². The van der Waals surface area contributed by atoms with Gasteiger partial charge in [0.05, 0.1) is 15.9 Å². The summed E-state index contributed by atoms with van der Waals surface area (Å²) in [6, 6.07) is 13.0. The molecule has 0 bridgehead atoms. The number of halogens is 1. The molecule has 0 N–H and O–H groups in total. The smallest absolute Gasteiger partial charge is 0.263 e. The fraction of sp³-hybridized carbons (Fsp3) is 0.333. The molecular weight excluding hydrogens is 388 g/mol. The van der Waals surface area contributed by atoms with Crippen LogP contribution in [0, 0.1) is 17.2 Å². The van der Waals surface area contributed by atoms with Crippen molar-refractivity contribution in [3.05, 3.63) is 50.6 Å². The Hall–Kier alpha value is -1.84. The van der Waals surface area contributed by atoms with Crippen LogP contribution in [0.4, 0.5) is 0 Å². The monoisotopic (exact) mass is 406 g/mol. The van der Waals surface area contributed by atoms with E-state index in [-0.39, 0.29) is 11.8 Å². The van der Waals surface area contributed by atoms with E-state index in [1.165, 1.54) is 0 Å². The Morgan fingerprint density at radius 2 is 2.04 bits per heavy atom. The molecule has 1 aromatic carbocycles. The van der Waals surface area contributed by atoms with Gasteiger partial charge < -0.3 is 9.64 Å². The fourth-order valence-electron chi connectivity index (χ4n) is 2.24. The number of benzene rings is 1. The second-order valence-electron chi connectivity index (χ2n) is 5.79. The summed E-state index contributed by atoms with van der Waals surface area (Å²) in [7, 11) is 1.77. The predicted octanol–water partition coefficient (Wildman–Crippen LogP) is 4.44. The number of ether oxygens (including phenoxy) is 1. The van der Waals surface area contributed by atoms with Gasteiger partial charge in [-0.05, 0) is 46.1 Å². The number of thiophene rings is 1. The van der Waals surface area contributed by atoms with Crippen LogP contribution in [0.25, 0.3) is 0 Å². The van der Waals surface area contributed by atoms with Crippen LogP contribution in [0.15, 0.2) is 40.2 Å². The van der Waals surface area contributed by atoms with E-state index < -0.39 is 6.10 Å². The first-order valence-corrected chi connectivity index (χ1v) is 9.18.